The molecule has 1 aromatic rings. The lowest BCUT2D eigenvalue weighted by molar-refractivity contribution is -0.137. The van der Waals surface area contributed by atoms with Gasteiger partial charge in [-0.3, -0.25) is 4.79 Å². The first kappa shape index (κ1) is 15.3. The Bertz CT molecular complexity index is 518. The average Bonchev–Trinajstić information content (AvgIpc) is 2.52. The summed E-state index contributed by atoms with van der Waals surface area (Å²) in [5, 5.41) is 8.79. The fourth-order valence-electron chi connectivity index (χ4n) is 2.74. The van der Waals surface area contributed by atoms with Gasteiger partial charge < -0.3 is 14.7 Å². The number of methoxy groups -OCH3 is 1. The molecule has 0 amide bonds. The van der Waals surface area contributed by atoms with Crippen molar-refractivity contribution in [2.24, 2.45) is 5.92 Å². The van der Waals surface area contributed by atoms with Crippen LogP contribution in [0.15, 0.2) is 18.3 Å². The maximum absolute atomic E-state index is 11.8. The summed E-state index contributed by atoms with van der Waals surface area (Å²) < 4.78 is 4.79. The van der Waals surface area contributed by atoms with E-state index in [9.17, 15) is 9.59 Å². The van der Waals surface area contributed by atoms with Crippen LogP contribution in [0.25, 0.3) is 0 Å². The number of pyridine rings is 1. The molecule has 0 spiro atoms. The van der Waals surface area contributed by atoms with Gasteiger partial charge in [0.1, 0.15) is 11.4 Å². The number of hydrogen-bond acceptors (Lipinski definition) is 5. The van der Waals surface area contributed by atoms with Gasteiger partial charge in [-0.05, 0) is 37.3 Å². The van der Waals surface area contributed by atoms with Crippen LogP contribution in [-0.2, 0) is 9.53 Å². The summed E-state index contributed by atoms with van der Waals surface area (Å²) in [6.45, 7) is 1.55. The second-order valence-electron chi connectivity index (χ2n) is 5.25. The third-order valence-corrected chi connectivity index (χ3v) is 3.78. The fraction of sp³-hybridized carbons (Fsp3) is 0.533. The average molecular weight is 292 g/mol. The van der Waals surface area contributed by atoms with Crippen molar-refractivity contribution in [3.8, 4) is 0 Å². The van der Waals surface area contributed by atoms with Crippen molar-refractivity contribution in [3.05, 3.63) is 23.9 Å². The van der Waals surface area contributed by atoms with E-state index in [1.807, 2.05) is 0 Å². The van der Waals surface area contributed by atoms with E-state index in [4.69, 9.17) is 9.84 Å². The van der Waals surface area contributed by atoms with Crippen molar-refractivity contribution < 1.29 is 19.4 Å². The molecule has 1 N–H and O–H groups in total. The molecular weight excluding hydrogens is 272 g/mol. The van der Waals surface area contributed by atoms with Crippen molar-refractivity contribution in [2.45, 2.75) is 25.7 Å². The van der Waals surface area contributed by atoms with Gasteiger partial charge in [0.25, 0.3) is 0 Å². The number of carbonyl (C=O) groups is 2. The van der Waals surface area contributed by atoms with Gasteiger partial charge in [0.15, 0.2) is 0 Å². The molecule has 0 saturated carbocycles. The van der Waals surface area contributed by atoms with Crippen molar-refractivity contribution in [1.82, 2.24) is 4.98 Å². The zero-order valence-electron chi connectivity index (χ0n) is 12.1. The van der Waals surface area contributed by atoms with Gasteiger partial charge in [-0.2, -0.15) is 0 Å². The summed E-state index contributed by atoms with van der Waals surface area (Å²) in [4.78, 5) is 28.9. The molecule has 1 saturated heterocycles. The monoisotopic (exact) mass is 292 g/mol. The number of carboxylic acids is 1. The van der Waals surface area contributed by atoms with Crippen molar-refractivity contribution in [2.75, 3.05) is 25.1 Å². The zero-order chi connectivity index (χ0) is 15.2. The number of anilines is 1. The molecule has 6 heteroatoms. The Morgan fingerprint density at radius 1 is 1.52 bits per heavy atom. The third kappa shape index (κ3) is 3.93. The Hall–Kier alpha value is -2.11. The Morgan fingerprint density at radius 2 is 2.33 bits per heavy atom. The van der Waals surface area contributed by atoms with Gasteiger partial charge in [-0.1, -0.05) is 0 Å². The maximum atomic E-state index is 11.8. The van der Waals surface area contributed by atoms with Crippen LogP contribution in [0.3, 0.4) is 0 Å². The number of ether oxygens (including phenoxy) is 1. The van der Waals surface area contributed by atoms with E-state index in [0.29, 0.717) is 23.7 Å². The quantitative estimate of drug-likeness (QED) is 0.836. The Labute approximate surface area is 123 Å². The third-order valence-electron chi connectivity index (χ3n) is 3.78. The number of aromatic nitrogens is 1. The molecule has 1 atom stereocenters. The Kier molecular flexibility index (Phi) is 5.14. The maximum Gasteiger partial charge on any atom is 0.341 e. The van der Waals surface area contributed by atoms with Gasteiger partial charge in [-0.25, -0.2) is 9.78 Å². The highest BCUT2D eigenvalue weighted by Crippen LogP contribution is 2.27. The predicted octanol–water partition coefficient (Wildman–Crippen LogP) is 1.95. The normalized spacial score (nSPS) is 18.3. The van der Waals surface area contributed by atoms with E-state index in [1.165, 1.54) is 7.11 Å². The van der Waals surface area contributed by atoms with Gasteiger partial charge in [-0.15, -0.1) is 0 Å². The summed E-state index contributed by atoms with van der Waals surface area (Å²) in [7, 11) is 1.35. The van der Waals surface area contributed by atoms with Crippen molar-refractivity contribution in [1.29, 1.82) is 0 Å². The topological polar surface area (TPSA) is 79.7 Å². The lowest BCUT2D eigenvalue weighted by Crippen LogP contribution is -2.37. The lowest BCUT2D eigenvalue weighted by atomic mass is 9.93. The molecular formula is C15H20N2O4. The number of hydrogen-bond donors (Lipinski definition) is 1. The highest BCUT2D eigenvalue weighted by atomic mass is 16.5. The minimum absolute atomic E-state index is 0.185. The number of piperidine rings is 1. The van der Waals surface area contributed by atoms with E-state index in [0.717, 1.165) is 25.9 Å². The molecule has 0 bridgehead atoms. The largest absolute Gasteiger partial charge is 0.481 e. The smallest absolute Gasteiger partial charge is 0.341 e. The molecule has 1 aromatic heterocycles. The van der Waals surface area contributed by atoms with Crippen LogP contribution in [0.2, 0.25) is 0 Å². The first-order valence-electron chi connectivity index (χ1n) is 7.12. The van der Waals surface area contributed by atoms with Gasteiger partial charge in [0, 0.05) is 25.7 Å². The number of rotatable bonds is 5. The van der Waals surface area contributed by atoms with Crippen LogP contribution in [-0.4, -0.2) is 42.2 Å². The molecule has 6 nitrogen and oxygen atoms in total. The molecule has 0 aromatic carbocycles. The van der Waals surface area contributed by atoms with E-state index in [-0.39, 0.29) is 6.42 Å². The van der Waals surface area contributed by atoms with Crippen LogP contribution in [0.5, 0.6) is 0 Å². The second kappa shape index (κ2) is 7.06. The fourth-order valence-corrected chi connectivity index (χ4v) is 2.74. The highest BCUT2D eigenvalue weighted by Gasteiger charge is 2.25. The molecule has 21 heavy (non-hydrogen) atoms. The molecule has 2 rings (SSSR count). The molecule has 0 radical (unpaired) electrons. The molecule has 1 aliphatic heterocycles. The number of carbonyl (C=O) groups excluding carboxylic acids is 1. The minimum atomic E-state index is -0.764. The number of nitrogens with zero attached hydrogens (tertiary/aromatic N) is 2. The van der Waals surface area contributed by atoms with Gasteiger partial charge in [0.2, 0.25) is 0 Å². The summed E-state index contributed by atoms with van der Waals surface area (Å²) in [6, 6.07) is 3.41. The first-order valence-corrected chi connectivity index (χ1v) is 7.12. The van der Waals surface area contributed by atoms with E-state index >= 15 is 0 Å². The van der Waals surface area contributed by atoms with Crippen LogP contribution in [0.1, 0.15) is 36.0 Å². The molecule has 1 fully saturated rings. The summed E-state index contributed by atoms with van der Waals surface area (Å²) in [5.74, 6) is -0.210. The minimum Gasteiger partial charge on any atom is -0.481 e. The summed E-state index contributed by atoms with van der Waals surface area (Å²) in [6.07, 6.45) is 4.49. The van der Waals surface area contributed by atoms with Crippen LogP contribution >= 0.6 is 0 Å². The molecule has 114 valence electrons. The summed E-state index contributed by atoms with van der Waals surface area (Å²) in [5.41, 5.74) is 0.457. The van der Waals surface area contributed by atoms with Crippen LogP contribution < -0.4 is 4.90 Å². The number of carboxylic acid groups (broad SMARTS) is 1. The predicted molar refractivity (Wildman–Crippen MR) is 77.4 cm³/mol. The Morgan fingerprint density at radius 3 is 3.05 bits per heavy atom. The number of esters is 1. The molecule has 2 heterocycles. The molecule has 1 aliphatic rings. The molecule has 1 unspecified atom stereocenters. The van der Waals surface area contributed by atoms with Crippen molar-refractivity contribution in [3.63, 3.8) is 0 Å². The first-order chi connectivity index (χ1) is 10.1. The second-order valence-corrected chi connectivity index (χ2v) is 5.25. The molecule has 0 aliphatic carbocycles. The lowest BCUT2D eigenvalue weighted by Gasteiger charge is -2.34. The van der Waals surface area contributed by atoms with Crippen LogP contribution in [0.4, 0.5) is 5.82 Å². The van der Waals surface area contributed by atoms with Gasteiger partial charge >= 0.3 is 11.9 Å². The number of aliphatic carboxylic acids is 1. The van der Waals surface area contributed by atoms with E-state index < -0.39 is 11.9 Å². The van der Waals surface area contributed by atoms with Crippen LogP contribution in [0, 0.1) is 5.92 Å². The zero-order valence-corrected chi connectivity index (χ0v) is 12.1. The highest BCUT2D eigenvalue weighted by molar-refractivity contribution is 5.94. The van der Waals surface area contributed by atoms with Crippen molar-refractivity contribution >= 4 is 17.8 Å². The van der Waals surface area contributed by atoms with Gasteiger partial charge in [0.05, 0.1) is 7.11 Å². The van der Waals surface area contributed by atoms with E-state index in [2.05, 4.69) is 9.88 Å². The standard InChI is InChI=1S/C15H20N2O4/c1-21-15(20)12-5-2-8-16-14(12)17-9-3-4-11(10-17)6-7-13(18)19/h2,5,8,11H,3-4,6-7,9-10H2,1H3,(H,18,19). The summed E-state index contributed by atoms with van der Waals surface area (Å²) >= 11 is 0. The SMILES string of the molecule is COC(=O)c1cccnc1N1CCCC(CCC(=O)O)C1. The Balaban J connectivity index is 2.10. The van der Waals surface area contributed by atoms with E-state index in [1.54, 1.807) is 18.3 Å².